The van der Waals surface area contributed by atoms with Gasteiger partial charge in [0.15, 0.2) is 6.29 Å². The van der Waals surface area contributed by atoms with Gasteiger partial charge in [-0.25, -0.2) is 0 Å². The van der Waals surface area contributed by atoms with Gasteiger partial charge in [0, 0.05) is 11.5 Å². The van der Waals surface area contributed by atoms with E-state index in [4.69, 9.17) is 9.47 Å². The van der Waals surface area contributed by atoms with Gasteiger partial charge in [-0.15, -0.1) is 0 Å². The maximum atomic E-state index is 6.28. The third kappa shape index (κ3) is 4.71. The van der Waals surface area contributed by atoms with E-state index < -0.39 is 0 Å². The molecule has 1 fully saturated rings. The fourth-order valence-electron chi connectivity index (χ4n) is 3.59. The van der Waals surface area contributed by atoms with Crippen LogP contribution >= 0.6 is 0 Å². The van der Waals surface area contributed by atoms with Crippen LogP contribution in [-0.4, -0.2) is 12.7 Å². The summed E-state index contributed by atoms with van der Waals surface area (Å²) in [6.45, 7) is 5.25. The van der Waals surface area contributed by atoms with E-state index in [1.165, 1.54) is 43.2 Å². The largest absolute Gasteiger partial charge is 0.348 e. The second-order valence-corrected chi connectivity index (χ2v) is 7.07. The first-order chi connectivity index (χ1) is 12.3. The van der Waals surface area contributed by atoms with Crippen LogP contribution in [-0.2, 0) is 9.47 Å². The lowest BCUT2D eigenvalue weighted by molar-refractivity contribution is -0.237. The lowest BCUT2D eigenvalue weighted by atomic mass is 9.94. The highest BCUT2D eigenvalue weighted by molar-refractivity contribution is 5.67. The summed E-state index contributed by atoms with van der Waals surface area (Å²) in [6, 6.07) is 18.9. The van der Waals surface area contributed by atoms with Gasteiger partial charge in [-0.1, -0.05) is 87.2 Å². The summed E-state index contributed by atoms with van der Waals surface area (Å²) in [4.78, 5) is 0. The van der Waals surface area contributed by atoms with Crippen LogP contribution in [0.15, 0.2) is 54.6 Å². The zero-order valence-electron chi connectivity index (χ0n) is 15.5. The highest BCUT2D eigenvalue weighted by atomic mass is 16.7. The maximum absolute atomic E-state index is 6.28. The Morgan fingerprint density at radius 1 is 0.920 bits per heavy atom. The first-order valence-corrected chi connectivity index (χ1v) is 9.71. The minimum Gasteiger partial charge on any atom is -0.348 e. The number of ether oxygens (including phenoxy) is 2. The molecule has 0 aliphatic carbocycles. The molecule has 2 aromatic rings. The van der Waals surface area contributed by atoms with Crippen molar-refractivity contribution in [2.45, 2.75) is 58.3 Å². The molecule has 2 heteroatoms. The van der Waals surface area contributed by atoms with E-state index in [1.807, 2.05) is 6.07 Å². The Morgan fingerprint density at radius 3 is 2.44 bits per heavy atom. The Labute approximate surface area is 152 Å². The van der Waals surface area contributed by atoms with Gasteiger partial charge in [0.25, 0.3) is 0 Å². The Hall–Kier alpha value is -1.64. The van der Waals surface area contributed by atoms with Crippen molar-refractivity contribution in [3.63, 3.8) is 0 Å². The van der Waals surface area contributed by atoms with E-state index in [-0.39, 0.29) is 12.4 Å². The van der Waals surface area contributed by atoms with Gasteiger partial charge in [0.05, 0.1) is 12.7 Å². The Bertz CT molecular complexity index is 638. The summed E-state index contributed by atoms with van der Waals surface area (Å²) in [6.07, 6.45) is 6.39. The van der Waals surface area contributed by atoms with E-state index in [9.17, 15) is 0 Å². The monoisotopic (exact) mass is 338 g/mol. The summed E-state index contributed by atoms with van der Waals surface area (Å²) in [7, 11) is 0. The van der Waals surface area contributed by atoms with Crippen molar-refractivity contribution in [2.75, 3.05) is 6.61 Å². The molecular formula is C23H30O2. The predicted octanol–water partition coefficient (Wildman–Crippen LogP) is 6.37. The molecule has 3 atom stereocenters. The molecule has 1 heterocycles. The van der Waals surface area contributed by atoms with Crippen LogP contribution in [0.2, 0.25) is 0 Å². The van der Waals surface area contributed by atoms with E-state index in [2.05, 4.69) is 62.4 Å². The minimum absolute atomic E-state index is 0.240. The molecular weight excluding hydrogens is 308 g/mol. The Kier molecular flexibility index (Phi) is 6.66. The highest BCUT2D eigenvalue weighted by Gasteiger charge is 2.30. The quantitative estimate of drug-likeness (QED) is 0.546. The molecule has 0 N–H and O–H groups in total. The van der Waals surface area contributed by atoms with Crippen molar-refractivity contribution in [1.29, 1.82) is 0 Å². The number of unbranched alkanes of at least 4 members (excludes halogenated alkanes) is 3. The van der Waals surface area contributed by atoms with Crippen molar-refractivity contribution in [2.24, 2.45) is 5.92 Å². The van der Waals surface area contributed by atoms with E-state index in [1.54, 1.807) is 0 Å². The minimum atomic E-state index is -0.265. The molecule has 1 aliphatic heterocycles. The zero-order valence-corrected chi connectivity index (χ0v) is 15.5. The number of benzene rings is 2. The van der Waals surface area contributed by atoms with Crippen molar-refractivity contribution >= 4 is 0 Å². The number of hydrogen-bond donors (Lipinski definition) is 0. The first-order valence-electron chi connectivity index (χ1n) is 9.71. The molecule has 2 nitrogen and oxygen atoms in total. The average Bonchev–Trinajstić information content (AvgIpc) is 2.67. The van der Waals surface area contributed by atoms with Crippen molar-refractivity contribution in [1.82, 2.24) is 0 Å². The second-order valence-electron chi connectivity index (χ2n) is 7.07. The van der Waals surface area contributed by atoms with Crippen LogP contribution in [0, 0.1) is 5.92 Å². The number of rotatable bonds is 7. The SMILES string of the molecule is CCCCCCC1COC(c2ccccc2-c2ccccc2)OC1C. The molecule has 0 aromatic heterocycles. The van der Waals surface area contributed by atoms with Crippen LogP contribution in [0.1, 0.15) is 57.8 Å². The molecule has 134 valence electrons. The molecule has 2 aromatic carbocycles. The Balaban J connectivity index is 1.67. The molecule has 0 saturated carbocycles. The Morgan fingerprint density at radius 2 is 1.68 bits per heavy atom. The third-order valence-electron chi connectivity index (χ3n) is 5.19. The van der Waals surface area contributed by atoms with E-state index in [0.717, 1.165) is 12.2 Å². The molecule has 3 rings (SSSR count). The van der Waals surface area contributed by atoms with Gasteiger partial charge in [0.2, 0.25) is 0 Å². The lowest BCUT2D eigenvalue weighted by Gasteiger charge is -2.35. The summed E-state index contributed by atoms with van der Waals surface area (Å²) in [5, 5.41) is 0. The molecule has 3 unspecified atom stereocenters. The maximum Gasteiger partial charge on any atom is 0.184 e. The zero-order chi connectivity index (χ0) is 17.5. The molecule has 1 aliphatic rings. The normalized spacial score (nSPS) is 23.5. The molecule has 0 bridgehead atoms. The van der Waals surface area contributed by atoms with Crippen molar-refractivity contribution in [3.05, 3.63) is 60.2 Å². The molecule has 0 amide bonds. The van der Waals surface area contributed by atoms with Crippen molar-refractivity contribution in [3.8, 4) is 11.1 Å². The van der Waals surface area contributed by atoms with Gasteiger partial charge in [-0.2, -0.15) is 0 Å². The summed E-state index contributed by atoms with van der Waals surface area (Å²) >= 11 is 0. The summed E-state index contributed by atoms with van der Waals surface area (Å²) in [5.74, 6) is 0.511. The van der Waals surface area contributed by atoms with Gasteiger partial charge < -0.3 is 9.47 Å². The highest BCUT2D eigenvalue weighted by Crippen LogP contribution is 2.36. The van der Waals surface area contributed by atoms with Gasteiger partial charge >= 0.3 is 0 Å². The molecule has 0 spiro atoms. The average molecular weight is 338 g/mol. The van der Waals surface area contributed by atoms with Crippen LogP contribution < -0.4 is 0 Å². The smallest absolute Gasteiger partial charge is 0.184 e. The van der Waals surface area contributed by atoms with Crippen LogP contribution in [0.25, 0.3) is 11.1 Å². The van der Waals surface area contributed by atoms with E-state index in [0.29, 0.717) is 5.92 Å². The van der Waals surface area contributed by atoms with Crippen molar-refractivity contribution < 1.29 is 9.47 Å². The molecule has 25 heavy (non-hydrogen) atoms. The molecule has 0 radical (unpaired) electrons. The van der Waals surface area contributed by atoms with Crippen LogP contribution in [0.4, 0.5) is 0 Å². The lowest BCUT2D eigenvalue weighted by Crippen LogP contribution is -2.34. The number of hydrogen-bond acceptors (Lipinski definition) is 2. The molecule has 1 saturated heterocycles. The standard InChI is InChI=1S/C23H30O2/c1-3-4-5-7-14-20-17-24-23(25-18(20)2)22-16-11-10-15-21(22)19-12-8-6-9-13-19/h6,8-13,15-16,18,20,23H,3-5,7,14,17H2,1-2H3. The fraction of sp³-hybridized carbons (Fsp3) is 0.478. The predicted molar refractivity (Wildman–Crippen MR) is 103 cm³/mol. The topological polar surface area (TPSA) is 18.5 Å². The third-order valence-corrected chi connectivity index (χ3v) is 5.19. The van der Waals surface area contributed by atoms with Gasteiger partial charge in [0.1, 0.15) is 0 Å². The van der Waals surface area contributed by atoms with Crippen LogP contribution in [0.3, 0.4) is 0 Å². The first kappa shape index (κ1) is 18.2. The van der Waals surface area contributed by atoms with E-state index >= 15 is 0 Å². The van der Waals surface area contributed by atoms with Gasteiger partial charge in [-0.3, -0.25) is 0 Å². The second kappa shape index (κ2) is 9.17. The fourth-order valence-corrected chi connectivity index (χ4v) is 3.59. The van der Waals surface area contributed by atoms with Gasteiger partial charge in [-0.05, 0) is 24.5 Å². The summed E-state index contributed by atoms with van der Waals surface area (Å²) in [5.41, 5.74) is 3.53. The summed E-state index contributed by atoms with van der Waals surface area (Å²) < 4.78 is 12.4. The van der Waals surface area contributed by atoms with Crippen LogP contribution in [0.5, 0.6) is 0 Å².